The molecule has 1 fully saturated rings. The molecule has 1 unspecified atom stereocenters. The van der Waals surface area contributed by atoms with Crippen LogP contribution in [0.5, 0.6) is 5.75 Å². The number of para-hydroxylation sites is 1. The van der Waals surface area contributed by atoms with Gasteiger partial charge in [0.05, 0.1) is 13.2 Å². The molecule has 1 amide bonds. The van der Waals surface area contributed by atoms with Gasteiger partial charge in [-0.05, 0) is 44.7 Å². The number of aromatic nitrogens is 3. The van der Waals surface area contributed by atoms with E-state index < -0.39 is 0 Å². The van der Waals surface area contributed by atoms with Gasteiger partial charge in [0.2, 0.25) is 5.91 Å². The highest BCUT2D eigenvalue weighted by Crippen LogP contribution is 2.30. The van der Waals surface area contributed by atoms with E-state index in [-0.39, 0.29) is 11.9 Å². The van der Waals surface area contributed by atoms with Crippen molar-refractivity contribution in [1.29, 1.82) is 0 Å². The summed E-state index contributed by atoms with van der Waals surface area (Å²) in [7, 11) is 1.64. The van der Waals surface area contributed by atoms with Crippen LogP contribution in [-0.2, 0) is 4.79 Å². The molecule has 25 heavy (non-hydrogen) atoms. The van der Waals surface area contributed by atoms with Gasteiger partial charge < -0.3 is 9.64 Å². The number of hydrogen-bond acceptors (Lipinski definition) is 4. The number of amides is 1. The summed E-state index contributed by atoms with van der Waals surface area (Å²) in [5.74, 6) is 2.24. The van der Waals surface area contributed by atoms with E-state index in [1.807, 2.05) is 43.0 Å². The molecule has 2 aromatic rings. The van der Waals surface area contributed by atoms with Crippen molar-refractivity contribution in [3.05, 3.63) is 47.6 Å². The lowest BCUT2D eigenvalue weighted by Gasteiger charge is -2.33. The number of hydrogen-bond donors (Lipinski definition) is 1. The first-order chi connectivity index (χ1) is 12.1. The third kappa shape index (κ3) is 3.73. The first-order valence-electron chi connectivity index (χ1n) is 8.61. The fourth-order valence-electron chi connectivity index (χ4n) is 3.29. The Bertz CT molecular complexity index is 781. The van der Waals surface area contributed by atoms with Crippen molar-refractivity contribution in [2.75, 3.05) is 13.7 Å². The van der Waals surface area contributed by atoms with E-state index in [0.29, 0.717) is 5.82 Å². The third-order valence-electron chi connectivity index (χ3n) is 4.57. The number of ether oxygens (including phenoxy) is 1. The first-order valence-corrected chi connectivity index (χ1v) is 8.61. The maximum Gasteiger partial charge on any atom is 0.247 e. The zero-order valence-electron chi connectivity index (χ0n) is 15.0. The van der Waals surface area contributed by atoms with Crippen LogP contribution in [0.4, 0.5) is 0 Å². The van der Waals surface area contributed by atoms with Gasteiger partial charge in [-0.1, -0.05) is 18.2 Å². The quantitative estimate of drug-likeness (QED) is 0.867. The second-order valence-electron chi connectivity index (χ2n) is 6.35. The molecule has 3 rings (SSSR count). The largest absolute Gasteiger partial charge is 0.496 e. The monoisotopic (exact) mass is 340 g/mol. The minimum Gasteiger partial charge on any atom is -0.496 e. The minimum absolute atomic E-state index is 0.00411. The average molecular weight is 340 g/mol. The van der Waals surface area contributed by atoms with Crippen LogP contribution in [0, 0.1) is 6.92 Å². The number of aromatic amines is 1. The summed E-state index contributed by atoms with van der Waals surface area (Å²) in [6, 6.07) is 7.67. The normalized spacial score (nSPS) is 18.3. The van der Waals surface area contributed by atoms with Crippen molar-refractivity contribution in [2.45, 2.75) is 39.2 Å². The Morgan fingerprint density at radius 2 is 2.16 bits per heavy atom. The molecule has 0 spiro atoms. The number of allylic oxidation sites excluding steroid dienone is 1. The average Bonchev–Trinajstić information content (AvgIpc) is 3.07. The summed E-state index contributed by atoms with van der Waals surface area (Å²) >= 11 is 0. The first kappa shape index (κ1) is 17.2. The molecule has 0 radical (unpaired) electrons. The summed E-state index contributed by atoms with van der Waals surface area (Å²) < 4.78 is 5.40. The minimum atomic E-state index is -0.0621. The van der Waals surface area contributed by atoms with Crippen molar-refractivity contribution in [3.8, 4) is 5.75 Å². The Labute approximate surface area is 147 Å². The zero-order valence-corrected chi connectivity index (χ0v) is 15.0. The number of likely N-dealkylation sites (tertiary alicyclic amines) is 1. The summed E-state index contributed by atoms with van der Waals surface area (Å²) in [4.78, 5) is 19.2. The highest BCUT2D eigenvalue weighted by molar-refractivity contribution is 5.95. The van der Waals surface area contributed by atoms with Gasteiger partial charge in [0.25, 0.3) is 0 Å². The predicted molar refractivity (Wildman–Crippen MR) is 96.1 cm³/mol. The van der Waals surface area contributed by atoms with Crippen LogP contribution in [0.25, 0.3) is 5.57 Å². The van der Waals surface area contributed by atoms with Crippen LogP contribution in [-0.4, -0.2) is 39.6 Å². The smallest absolute Gasteiger partial charge is 0.247 e. The van der Waals surface area contributed by atoms with Gasteiger partial charge >= 0.3 is 0 Å². The number of benzene rings is 1. The van der Waals surface area contributed by atoms with E-state index in [4.69, 9.17) is 4.74 Å². The van der Waals surface area contributed by atoms with Gasteiger partial charge in [0.15, 0.2) is 5.82 Å². The summed E-state index contributed by atoms with van der Waals surface area (Å²) in [6.45, 7) is 4.54. The van der Waals surface area contributed by atoms with E-state index in [1.165, 1.54) is 0 Å². The SMILES string of the molecule is COc1ccccc1/C(C)=C/C(=O)N1CCCCC1c1n[nH]c(C)n1. The van der Waals surface area contributed by atoms with E-state index >= 15 is 0 Å². The Balaban J connectivity index is 1.85. The van der Waals surface area contributed by atoms with Gasteiger partial charge in [-0.25, -0.2) is 4.98 Å². The van der Waals surface area contributed by atoms with Crippen LogP contribution in [0.15, 0.2) is 30.3 Å². The van der Waals surface area contributed by atoms with Gasteiger partial charge in [-0.2, -0.15) is 5.10 Å². The number of rotatable bonds is 4. The summed E-state index contributed by atoms with van der Waals surface area (Å²) in [5, 5.41) is 7.14. The lowest BCUT2D eigenvalue weighted by molar-refractivity contribution is -0.129. The van der Waals surface area contributed by atoms with Crippen LogP contribution in [0.1, 0.15) is 49.4 Å². The van der Waals surface area contributed by atoms with Crippen LogP contribution in [0.3, 0.4) is 0 Å². The molecule has 2 heterocycles. The second-order valence-corrected chi connectivity index (χ2v) is 6.35. The Morgan fingerprint density at radius 1 is 1.36 bits per heavy atom. The topological polar surface area (TPSA) is 71.1 Å². The highest BCUT2D eigenvalue weighted by atomic mass is 16.5. The molecule has 0 bridgehead atoms. The molecule has 6 nitrogen and oxygen atoms in total. The molecule has 0 saturated carbocycles. The van der Waals surface area contributed by atoms with Gasteiger partial charge in [0, 0.05) is 18.2 Å². The molecule has 132 valence electrons. The van der Waals surface area contributed by atoms with Crippen molar-refractivity contribution < 1.29 is 9.53 Å². The fraction of sp³-hybridized carbons (Fsp3) is 0.421. The lowest BCUT2D eigenvalue weighted by atomic mass is 10.0. The summed E-state index contributed by atoms with van der Waals surface area (Å²) in [5.41, 5.74) is 1.82. The predicted octanol–water partition coefficient (Wildman–Crippen LogP) is 3.28. The molecule has 6 heteroatoms. The van der Waals surface area contributed by atoms with E-state index in [9.17, 15) is 4.79 Å². The maximum atomic E-state index is 12.9. The number of nitrogens with zero attached hydrogens (tertiary/aromatic N) is 3. The Morgan fingerprint density at radius 3 is 2.88 bits per heavy atom. The zero-order chi connectivity index (χ0) is 17.8. The van der Waals surface area contributed by atoms with Gasteiger partial charge in [-0.15, -0.1) is 0 Å². The Kier molecular flexibility index (Phi) is 5.16. The number of H-pyrrole nitrogens is 1. The number of carbonyl (C=O) groups excluding carboxylic acids is 1. The molecule has 0 aliphatic carbocycles. The maximum absolute atomic E-state index is 12.9. The molecule has 1 aliphatic rings. The van der Waals surface area contributed by atoms with E-state index in [0.717, 1.165) is 48.5 Å². The van der Waals surface area contributed by atoms with Gasteiger partial charge in [-0.3, -0.25) is 9.89 Å². The van der Waals surface area contributed by atoms with Crippen LogP contribution < -0.4 is 4.74 Å². The van der Waals surface area contributed by atoms with E-state index in [2.05, 4.69) is 15.2 Å². The standard InChI is InChI=1S/C19H24N4O2/c1-13(15-8-4-5-10-17(15)25-3)12-18(24)23-11-7-6-9-16(23)19-20-14(2)21-22-19/h4-5,8,10,12,16H,6-7,9,11H2,1-3H3,(H,20,21,22)/b13-12+. The molecular weight excluding hydrogens is 316 g/mol. The number of methoxy groups -OCH3 is 1. The van der Waals surface area contributed by atoms with Crippen molar-refractivity contribution in [1.82, 2.24) is 20.1 Å². The van der Waals surface area contributed by atoms with Crippen molar-refractivity contribution >= 4 is 11.5 Å². The van der Waals surface area contributed by atoms with Gasteiger partial charge in [0.1, 0.15) is 11.6 Å². The molecule has 1 aromatic carbocycles. The molecular formula is C19H24N4O2. The molecule has 1 atom stereocenters. The molecule has 1 aromatic heterocycles. The Hall–Kier alpha value is -2.63. The van der Waals surface area contributed by atoms with Crippen molar-refractivity contribution in [2.24, 2.45) is 0 Å². The van der Waals surface area contributed by atoms with Crippen LogP contribution in [0.2, 0.25) is 0 Å². The molecule has 1 aliphatic heterocycles. The van der Waals surface area contributed by atoms with Crippen LogP contribution >= 0.6 is 0 Å². The molecule has 1 N–H and O–H groups in total. The molecule has 1 saturated heterocycles. The summed E-state index contributed by atoms with van der Waals surface area (Å²) in [6.07, 6.45) is 4.67. The number of aryl methyl sites for hydroxylation is 1. The van der Waals surface area contributed by atoms with E-state index in [1.54, 1.807) is 13.2 Å². The number of nitrogens with one attached hydrogen (secondary N) is 1. The highest BCUT2D eigenvalue weighted by Gasteiger charge is 2.29. The third-order valence-corrected chi connectivity index (χ3v) is 4.57. The fourth-order valence-corrected chi connectivity index (χ4v) is 3.29. The lowest BCUT2D eigenvalue weighted by Crippen LogP contribution is -2.38. The second kappa shape index (κ2) is 7.51. The van der Waals surface area contributed by atoms with Crippen molar-refractivity contribution in [3.63, 3.8) is 0 Å². The number of piperidine rings is 1. The number of carbonyl (C=O) groups is 1.